The van der Waals surface area contributed by atoms with Crippen molar-refractivity contribution < 1.29 is 9.13 Å². The van der Waals surface area contributed by atoms with Crippen molar-refractivity contribution in [2.24, 2.45) is 0 Å². The molecular formula is C32H32FN9O. The van der Waals surface area contributed by atoms with Crippen molar-refractivity contribution in [1.82, 2.24) is 44.9 Å². The average Bonchev–Trinajstić information content (AvgIpc) is 3.76. The number of imidazole rings is 1. The number of halogens is 1. The number of rotatable bonds is 9. The zero-order valence-corrected chi connectivity index (χ0v) is 24.1. The molecule has 0 bridgehead atoms. The molecule has 7 rings (SSSR count). The van der Waals surface area contributed by atoms with Gasteiger partial charge in [0, 0.05) is 48.9 Å². The second-order valence-corrected chi connectivity index (χ2v) is 11.2. The molecule has 1 aromatic carbocycles. The number of ether oxygens (including phenoxy) is 1. The molecule has 5 aromatic heterocycles. The molecule has 0 amide bonds. The summed E-state index contributed by atoms with van der Waals surface area (Å²) in [4.78, 5) is 26.4. The van der Waals surface area contributed by atoms with Crippen LogP contribution in [0.25, 0.3) is 56.1 Å². The van der Waals surface area contributed by atoms with Gasteiger partial charge in [0.15, 0.2) is 17.2 Å². The Hall–Kier alpha value is -4.74. The van der Waals surface area contributed by atoms with Gasteiger partial charge in [-0.15, -0.1) is 0 Å². The summed E-state index contributed by atoms with van der Waals surface area (Å²) in [6.45, 7) is 4.32. The van der Waals surface area contributed by atoms with Crippen molar-refractivity contribution in [2.45, 2.75) is 19.4 Å². The smallest absolute Gasteiger partial charge is 0.178 e. The van der Waals surface area contributed by atoms with E-state index in [1.807, 2.05) is 50.8 Å². The van der Waals surface area contributed by atoms with Crippen LogP contribution in [0.1, 0.15) is 18.4 Å². The maximum atomic E-state index is 14.7. The third-order valence-corrected chi connectivity index (χ3v) is 7.67. The van der Waals surface area contributed by atoms with Crippen molar-refractivity contribution in [3.8, 4) is 39.7 Å². The lowest BCUT2D eigenvalue weighted by Crippen LogP contribution is -2.25. The lowest BCUT2D eigenvalue weighted by Gasteiger charge is -2.15. The molecular weight excluding hydrogens is 545 g/mol. The molecule has 0 aliphatic carbocycles. The second kappa shape index (κ2) is 11.5. The van der Waals surface area contributed by atoms with Crippen LogP contribution in [-0.2, 0) is 6.54 Å². The lowest BCUT2D eigenvalue weighted by atomic mass is 10.1. The van der Waals surface area contributed by atoms with E-state index in [2.05, 4.69) is 41.0 Å². The topological polar surface area (TPSA) is 112 Å². The third-order valence-electron chi connectivity index (χ3n) is 7.67. The normalized spacial score (nSPS) is 14.0. The molecule has 1 aliphatic rings. The quantitative estimate of drug-likeness (QED) is 0.238. The maximum Gasteiger partial charge on any atom is 0.178 e. The highest BCUT2D eigenvalue weighted by atomic mass is 19.1. The molecule has 0 unspecified atom stereocenters. The number of likely N-dealkylation sites (tertiary alicyclic amines) is 1. The first-order valence-electron chi connectivity index (χ1n) is 14.5. The van der Waals surface area contributed by atoms with Crippen molar-refractivity contribution >= 4 is 22.2 Å². The van der Waals surface area contributed by atoms with Gasteiger partial charge < -0.3 is 14.6 Å². The van der Waals surface area contributed by atoms with Crippen LogP contribution in [0.5, 0.6) is 5.75 Å². The van der Waals surface area contributed by atoms with Gasteiger partial charge in [0.25, 0.3) is 0 Å². The lowest BCUT2D eigenvalue weighted by molar-refractivity contribution is 0.237. The summed E-state index contributed by atoms with van der Waals surface area (Å²) < 4.78 is 20.7. The fourth-order valence-corrected chi connectivity index (χ4v) is 5.67. The van der Waals surface area contributed by atoms with Crippen LogP contribution in [0.2, 0.25) is 0 Å². The molecule has 0 spiro atoms. The maximum absolute atomic E-state index is 14.7. The van der Waals surface area contributed by atoms with E-state index in [4.69, 9.17) is 14.7 Å². The minimum Gasteiger partial charge on any atom is -0.492 e. The SMILES string of the molecule is CN(C)Cc1cncc(-c2ccc3[nH]nc(-c4nc5nccc(-c6cc(F)cc(OCCN7CCCC7)c6)c5[nH]4)c3n2)c1. The van der Waals surface area contributed by atoms with E-state index in [0.717, 1.165) is 54.1 Å². The van der Waals surface area contributed by atoms with Crippen molar-refractivity contribution in [1.29, 1.82) is 0 Å². The van der Waals surface area contributed by atoms with Gasteiger partial charge >= 0.3 is 0 Å². The Labute approximate surface area is 248 Å². The van der Waals surface area contributed by atoms with Gasteiger partial charge in [-0.2, -0.15) is 5.10 Å². The first-order valence-corrected chi connectivity index (χ1v) is 14.5. The summed E-state index contributed by atoms with van der Waals surface area (Å²) in [7, 11) is 4.06. The monoisotopic (exact) mass is 577 g/mol. The summed E-state index contributed by atoms with van der Waals surface area (Å²) in [5.74, 6) is 0.652. The number of nitrogens with one attached hydrogen (secondary N) is 2. The van der Waals surface area contributed by atoms with Crippen molar-refractivity contribution in [3.63, 3.8) is 0 Å². The second-order valence-electron chi connectivity index (χ2n) is 11.2. The number of aromatic amines is 2. The highest BCUT2D eigenvalue weighted by Crippen LogP contribution is 2.33. The van der Waals surface area contributed by atoms with E-state index < -0.39 is 0 Å². The van der Waals surface area contributed by atoms with Crippen molar-refractivity contribution in [3.05, 3.63) is 72.4 Å². The highest BCUT2D eigenvalue weighted by Gasteiger charge is 2.18. The van der Waals surface area contributed by atoms with E-state index in [9.17, 15) is 4.39 Å². The first-order chi connectivity index (χ1) is 21.0. The van der Waals surface area contributed by atoms with Gasteiger partial charge in [0.1, 0.15) is 23.7 Å². The zero-order valence-electron chi connectivity index (χ0n) is 24.1. The van der Waals surface area contributed by atoms with Crippen LogP contribution in [0, 0.1) is 5.82 Å². The predicted octanol–water partition coefficient (Wildman–Crippen LogP) is 5.30. The number of benzene rings is 1. The van der Waals surface area contributed by atoms with Crippen LogP contribution < -0.4 is 4.74 Å². The van der Waals surface area contributed by atoms with Crippen molar-refractivity contribution in [2.75, 3.05) is 40.3 Å². The molecule has 0 radical (unpaired) electrons. The number of fused-ring (bicyclic) bond motifs is 2. The Balaban J connectivity index is 1.21. The number of pyridine rings is 3. The van der Waals surface area contributed by atoms with Crippen LogP contribution in [-0.4, -0.2) is 85.3 Å². The van der Waals surface area contributed by atoms with Crippen LogP contribution in [0.4, 0.5) is 4.39 Å². The molecule has 1 aliphatic heterocycles. The number of aromatic nitrogens is 7. The first kappa shape index (κ1) is 27.1. The van der Waals surface area contributed by atoms with E-state index >= 15 is 0 Å². The molecule has 1 saturated heterocycles. The summed E-state index contributed by atoms with van der Waals surface area (Å²) in [5.41, 5.74) is 7.47. The van der Waals surface area contributed by atoms with Crippen LogP contribution in [0.3, 0.4) is 0 Å². The molecule has 0 saturated carbocycles. The Morgan fingerprint density at radius 2 is 1.88 bits per heavy atom. The highest BCUT2D eigenvalue weighted by molar-refractivity contribution is 5.95. The molecule has 10 nitrogen and oxygen atoms in total. The Kier molecular flexibility index (Phi) is 7.25. The molecule has 11 heteroatoms. The summed E-state index contributed by atoms with van der Waals surface area (Å²) >= 11 is 0. The van der Waals surface area contributed by atoms with E-state index in [0.29, 0.717) is 46.1 Å². The third kappa shape index (κ3) is 5.69. The van der Waals surface area contributed by atoms with Gasteiger partial charge in [-0.1, -0.05) is 0 Å². The van der Waals surface area contributed by atoms with E-state index in [1.54, 1.807) is 6.20 Å². The van der Waals surface area contributed by atoms with E-state index in [-0.39, 0.29) is 5.82 Å². The molecule has 218 valence electrons. The number of nitrogens with zero attached hydrogens (tertiary/aromatic N) is 7. The van der Waals surface area contributed by atoms with Gasteiger partial charge in [0.05, 0.1) is 16.7 Å². The number of H-pyrrole nitrogens is 2. The molecule has 2 N–H and O–H groups in total. The minimum absolute atomic E-state index is 0.363. The predicted molar refractivity (Wildman–Crippen MR) is 164 cm³/mol. The zero-order chi connectivity index (χ0) is 29.3. The molecule has 6 heterocycles. The van der Waals surface area contributed by atoms with Crippen LogP contribution in [0.15, 0.2) is 61.1 Å². The van der Waals surface area contributed by atoms with E-state index in [1.165, 1.54) is 25.0 Å². The Bertz CT molecular complexity index is 1910. The summed E-state index contributed by atoms with van der Waals surface area (Å²) in [6.07, 6.45) is 7.80. The fourth-order valence-electron chi connectivity index (χ4n) is 5.67. The summed E-state index contributed by atoms with van der Waals surface area (Å²) in [6, 6.07) is 12.6. The summed E-state index contributed by atoms with van der Waals surface area (Å²) in [5, 5.41) is 7.60. The van der Waals surface area contributed by atoms with Crippen LogP contribution >= 0.6 is 0 Å². The fraction of sp³-hybridized carbons (Fsp3) is 0.281. The largest absolute Gasteiger partial charge is 0.492 e. The van der Waals surface area contributed by atoms with Gasteiger partial charge in [-0.25, -0.2) is 19.3 Å². The Morgan fingerprint density at radius 1 is 1.00 bits per heavy atom. The molecule has 43 heavy (non-hydrogen) atoms. The molecule has 1 fully saturated rings. The molecule has 0 atom stereocenters. The van der Waals surface area contributed by atoms with Gasteiger partial charge in [-0.3, -0.25) is 15.0 Å². The number of hydrogen-bond acceptors (Lipinski definition) is 8. The minimum atomic E-state index is -0.363. The standard InChI is InChI=1S/C32H32FN9O/c1-41(2)19-20-13-22(18-34-17-20)26-5-6-27-29(36-26)30(40-39-27)32-37-28-25(7-8-35-31(28)38-32)21-14-23(33)16-24(15-21)43-12-11-42-9-3-4-10-42/h5-8,13-18H,3-4,9-12,19H2,1-2H3,(H,39,40)(H,35,37,38). The average molecular weight is 578 g/mol. The van der Waals surface area contributed by atoms with Gasteiger partial charge in [0.2, 0.25) is 0 Å². The molecule has 6 aromatic rings. The number of hydrogen-bond donors (Lipinski definition) is 2. The Morgan fingerprint density at radius 3 is 2.74 bits per heavy atom. The van der Waals surface area contributed by atoms with Gasteiger partial charge in [-0.05, 0) is 87.6 Å².